The Hall–Kier alpha value is -1.55. The second-order valence-electron chi connectivity index (χ2n) is 2.67. The predicted molar refractivity (Wildman–Crippen MR) is 51.0 cm³/mol. The molecule has 1 aliphatic rings. The Morgan fingerprint density at radius 1 is 1.57 bits per heavy atom. The Morgan fingerprint density at radius 3 is 3.00 bits per heavy atom. The largest absolute Gasteiger partial charge is 0.464 e. The van der Waals surface area contributed by atoms with Gasteiger partial charge in [0.25, 0.3) is 0 Å². The first-order valence-corrected chi connectivity index (χ1v) is 4.26. The number of rotatable bonds is 1. The third-order valence-electron chi connectivity index (χ3n) is 1.83. The quantitative estimate of drug-likeness (QED) is 0.520. The van der Waals surface area contributed by atoms with E-state index in [-0.39, 0.29) is 5.70 Å². The molecule has 1 radical (unpaired) electrons. The minimum atomic E-state index is -0.475. The molecule has 1 aliphatic heterocycles. The van der Waals surface area contributed by atoms with Crippen LogP contribution >= 0.6 is 11.6 Å². The molecule has 1 aromatic rings. The first-order valence-electron chi connectivity index (χ1n) is 3.88. The molecule has 0 atom stereocenters. The smallest absolute Gasteiger partial charge is 0.356 e. The number of hydrogen-bond donors (Lipinski definition) is 0. The summed E-state index contributed by atoms with van der Waals surface area (Å²) in [7, 11) is 1.31. The van der Waals surface area contributed by atoms with Gasteiger partial charge in [-0.15, -0.1) is 0 Å². The fourth-order valence-corrected chi connectivity index (χ4v) is 1.38. The van der Waals surface area contributed by atoms with E-state index in [1.54, 1.807) is 18.3 Å². The van der Waals surface area contributed by atoms with Crippen molar-refractivity contribution in [3.8, 4) is 0 Å². The van der Waals surface area contributed by atoms with Gasteiger partial charge < -0.3 is 4.74 Å². The summed E-state index contributed by atoms with van der Waals surface area (Å²) >= 11 is 5.82. The Balaban J connectivity index is 2.39. The number of fused-ring (bicyclic) bond motifs is 1. The maximum atomic E-state index is 11.1. The molecule has 0 fully saturated rings. The molecule has 14 heavy (non-hydrogen) atoms. The zero-order valence-corrected chi connectivity index (χ0v) is 8.08. The normalized spacial score (nSPS) is 12.9. The van der Waals surface area contributed by atoms with Gasteiger partial charge >= 0.3 is 5.97 Å². The number of halogens is 1. The van der Waals surface area contributed by atoms with Gasteiger partial charge in [-0.2, -0.15) is 0 Å². The number of esters is 1. The van der Waals surface area contributed by atoms with E-state index in [0.29, 0.717) is 16.4 Å². The third kappa shape index (κ3) is 1.33. The van der Waals surface area contributed by atoms with E-state index >= 15 is 0 Å². The van der Waals surface area contributed by atoms with Crippen LogP contribution in [0.4, 0.5) is 5.69 Å². The van der Waals surface area contributed by atoms with E-state index < -0.39 is 5.97 Å². The van der Waals surface area contributed by atoms with Crippen LogP contribution < -0.4 is 5.32 Å². The molecule has 0 aromatic carbocycles. The Bertz CT molecular complexity index is 429. The average molecular weight is 210 g/mol. The van der Waals surface area contributed by atoms with Crippen molar-refractivity contribution in [3.05, 3.63) is 28.7 Å². The van der Waals surface area contributed by atoms with Gasteiger partial charge in [0.05, 0.1) is 12.8 Å². The van der Waals surface area contributed by atoms with Crippen LogP contribution in [0.15, 0.2) is 18.0 Å². The highest BCUT2D eigenvalue weighted by molar-refractivity contribution is 6.31. The zero-order chi connectivity index (χ0) is 10.1. The predicted octanol–water partition coefficient (Wildman–Crippen LogP) is 1.50. The summed E-state index contributed by atoms with van der Waals surface area (Å²) in [4.78, 5) is 15.0. The van der Waals surface area contributed by atoms with Gasteiger partial charge in [0.15, 0.2) is 0 Å². The van der Waals surface area contributed by atoms with Gasteiger partial charge in [-0.1, -0.05) is 11.6 Å². The molecule has 0 unspecified atom stereocenters. The van der Waals surface area contributed by atoms with E-state index in [9.17, 15) is 4.79 Å². The number of hydrogen-bond acceptors (Lipinski definition) is 3. The number of nitrogens with zero attached hydrogens (tertiary/aromatic N) is 2. The monoisotopic (exact) mass is 209 g/mol. The Labute approximate surface area is 85.5 Å². The van der Waals surface area contributed by atoms with E-state index in [1.165, 1.54) is 7.11 Å². The first kappa shape index (κ1) is 9.02. The molecule has 0 bridgehead atoms. The number of carbonyl (C=O) groups is 1. The highest BCUT2D eigenvalue weighted by Crippen LogP contribution is 2.31. The molecule has 1 aromatic heterocycles. The molecular formula is C9H6ClN2O2. The minimum Gasteiger partial charge on any atom is -0.464 e. The molecule has 0 amide bonds. The standard InChI is InChI=1S/C9H6ClN2O2/c1-14-9(13)7-4-5-6(12-7)2-3-11-8(5)10/h2-4H,1H3. The van der Waals surface area contributed by atoms with Gasteiger partial charge in [0, 0.05) is 11.8 Å². The molecule has 5 heteroatoms. The topological polar surface area (TPSA) is 53.3 Å². The summed E-state index contributed by atoms with van der Waals surface area (Å²) in [5.41, 5.74) is 1.55. The van der Waals surface area contributed by atoms with Crippen LogP contribution in [-0.2, 0) is 9.53 Å². The molecule has 0 N–H and O–H groups in total. The van der Waals surface area contributed by atoms with Crippen molar-refractivity contribution in [3.63, 3.8) is 0 Å². The summed E-state index contributed by atoms with van der Waals surface area (Å²) in [6.07, 6.45) is 3.11. The lowest BCUT2D eigenvalue weighted by Crippen LogP contribution is -2.08. The van der Waals surface area contributed by atoms with Gasteiger partial charge in [-0.25, -0.2) is 15.1 Å². The molecule has 0 saturated carbocycles. The zero-order valence-electron chi connectivity index (χ0n) is 7.32. The van der Waals surface area contributed by atoms with Gasteiger partial charge in [0.1, 0.15) is 10.9 Å². The van der Waals surface area contributed by atoms with Crippen LogP contribution in [0.1, 0.15) is 5.56 Å². The van der Waals surface area contributed by atoms with Crippen LogP contribution in [-0.4, -0.2) is 18.1 Å². The van der Waals surface area contributed by atoms with Gasteiger partial charge in [-0.05, 0) is 12.1 Å². The molecule has 2 rings (SSSR count). The molecule has 2 heterocycles. The highest BCUT2D eigenvalue weighted by atomic mass is 35.5. The van der Waals surface area contributed by atoms with Crippen LogP contribution in [0.25, 0.3) is 6.08 Å². The molecule has 4 nitrogen and oxygen atoms in total. The van der Waals surface area contributed by atoms with Crippen LogP contribution in [0, 0.1) is 0 Å². The van der Waals surface area contributed by atoms with Crippen LogP contribution in [0.5, 0.6) is 0 Å². The average Bonchev–Trinajstić information content (AvgIpc) is 2.62. The van der Waals surface area contributed by atoms with Crippen molar-refractivity contribution in [1.29, 1.82) is 0 Å². The maximum Gasteiger partial charge on any atom is 0.356 e. The van der Waals surface area contributed by atoms with E-state index in [2.05, 4.69) is 15.0 Å². The van der Waals surface area contributed by atoms with Crippen molar-refractivity contribution in [1.82, 2.24) is 10.3 Å². The number of methoxy groups -OCH3 is 1. The summed E-state index contributed by atoms with van der Waals surface area (Å²) < 4.78 is 4.54. The maximum absolute atomic E-state index is 11.1. The highest BCUT2D eigenvalue weighted by Gasteiger charge is 2.22. The third-order valence-corrected chi connectivity index (χ3v) is 2.14. The molecule has 0 spiro atoms. The molecule has 71 valence electrons. The van der Waals surface area contributed by atoms with Crippen molar-refractivity contribution in [2.24, 2.45) is 0 Å². The van der Waals surface area contributed by atoms with Gasteiger partial charge in [-0.3, -0.25) is 0 Å². The van der Waals surface area contributed by atoms with Crippen LogP contribution in [0.3, 0.4) is 0 Å². The number of carbonyl (C=O) groups excluding carboxylic acids is 1. The molecular weight excluding hydrogens is 204 g/mol. The SMILES string of the molecule is COC(=O)C1=Cc2c(ccnc2Cl)[N]1. The fraction of sp³-hybridized carbons (Fsp3) is 0.111. The van der Waals surface area contributed by atoms with Crippen molar-refractivity contribution in [2.45, 2.75) is 0 Å². The summed E-state index contributed by atoms with van der Waals surface area (Å²) in [6.45, 7) is 0. The van der Waals surface area contributed by atoms with Crippen molar-refractivity contribution < 1.29 is 9.53 Å². The minimum absolute atomic E-state index is 0.248. The Kier molecular flexibility index (Phi) is 2.13. The second kappa shape index (κ2) is 3.31. The van der Waals surface area contributed by atoms with Crippen LogP contribution in [0.2, 0.25) is 5.15 Å². The van der Waals surface area contributed by atoms with E-state index in [0.717, 1.165) is 0 Å². The van der Waals surface area contributed by atoms with E-state index in [1.807, 2.05) is 0 Å². The summed E-state index contributed by atoms with van der Waals surface area (Å²) in [6, 6.07) is 1.69. The van der Waals surface area contributed by atoms with Crippen molar-refractivity contribution >= 4 is 29.3 Å². The lowest BCUT2D eigenvalue weighted by Gasteiger charge is -1.99. The first-order chi connectivity index (χ1) is 6.72. The summed E-state index contributed by atoms with van der Waals surface area (Å²) in [5.74, 6) is -0.475. The lowest BCUT2D eigenvalue weighted by molar-refractivity contribution is -0.136. The van der Waals surface area contributed by atoms with E-state index in [4.69, 9.17) is 11.6 Å². The fourth-order valence-electron chi connectivity index (χ4n) is 1.18. The number of pyridine rings is 1. The van der Waals surface area contributed by atoms with Crippen molar-refractivity contribution in [2.75, 3.05) is 7.11 Å². The Morgan fingerprint density at radius 2 is 2.36 bits per heavy atom. The summed E-state index contributed by atoms with van der Waals surface area (Å²) in [5, 5.41) is 4.38. The molecule has 0 aliphatic carbocycles. The number of ether oxygens (including phenoxy) is 1. The lowest BCUT2D eigenvalue weighted by atomic mass is 10.2. The number of aromatic nitrogens is 1. The second-order valence-corrected chi connectivity index (χ2v) is 3.03. The molecule has 0 saturated heterocycles. The van der Waals surface area contributed by atoms with Gasteiger partial charge in [0.2, 0.25) is 0 Å².